The molecule has 2 aliphatic rings. The number of amides is 1. The van der Waals surface area contributed by atoms with Gasteiger partial charge in [-0.2, -0.15) is 0 Å². The first-order valence-electron chi connectivity index (χ1n) is 10.1. The molecule has 2 fully saturated rings. The Labute approximate surface area is 165 Å². The van der Waals surface area contributed by atoms with Gasteiger partial charge < -0.3 is 14.9 Å². The van der Waals surface area contributed by atoms with Crippen LogP contribution in [0.5, 0.6) is 0 Å². The van der Waals surface area contributed by atoms with Gasteiger partial charge in [0.25, 0.3) is 5.91 Å². The third-order valence-corrected chi connectivity index (χ3v) is 5.88. The van der Waals surface area contributed by atoms with E-state index in [4.69, 9.17) is 0 Å². The van der Waals surface area contributed by atoms with E-state index in [1.807, 2.05) is 6.07 Å². The average molecular weight is 382 g/mol. The molecule has 2 aromatic carbocycles. The van der Waals surface area contributed by atoms with Crippen molar-refractivity contribution in [3.8, 4) is 11.1 Å². The summed E-state index contributed by atoms with van der Waals surface area (Å²) in [4.78, 5) is 17.3. The molecule has 5 heteroatoms. The van der Waals surface area contributed by atoms with Gasteiger partial charge in [-0.05, 0) is 56.5 Å². The minimum absolute atomic E-state index is 0.140. The monoisotopic (exact) mass is 382 g/mol. The molecule has 0 aromatic heterocycles. The second-order valence-electron chi connectivity index (χ2n) is 8.06. The van der Waals surface area contributed by atoms with Crippen molar-refractivity contribution in [2.45, 2.75) is 31.3 Å². The lowest BCUT2D eigenvalue weighted by Gasteiger charge is -2.41. The van der Waals surface area contributed by atoms with Crippen molar-refractivity contribution < 1.29 is 14.3 Å². The number of benzene rings is 2. The summed E-state index contributed by atoms with van der Waals surface area (Å²) in [6.45, 7) is 3.60. The lowest BCUT2D eigenvalue weighted by atomic mass is 9.91. The van der Waals surface area contributed by atoms with E-state index < -0.39 is 5.60 Å². The molecule has 0 bridgehead atoms. The van der Waals surface area contributed by atoms with Crippen LogP contribution in [0.25, 0.3) is 11.1 Å². The fourth-order valence-electron chi connectivity index (χ4n) is 4.53. The van der Waals surface area contributed by atoms with Crippen molar-refractivity contribution in [2.75, 3.05) is 32.7 Å². The SMILES string of the molecule is O=C(c1ccccc1-c1ccccc1F)N1CCC[C@@](O)(CN2CCCC2)C1. The smallest absolute Gasteiger partial charge is 0.254 e. The first-order valence-corrected chi connectivity index (χ1v) is 10.1. The van der Waals surface area contributed by atoms with Gasteiger partial charge >= 0.3 is 0 Å². The molecule has 28 heavy (non-hydrogen) atoms. The fourth-order valence-corrected chi connectivity index (χ4v) is 4.53. The Morgan fingerprint density at radius 2 is 1.64 bits per heavy atom. The van der Waals surface area contributed by atoms with Crippen molar-refractivity contribution >= 4 is 5.91 Å². The zero-order valence-corrected chi connectivity index (χ0v) is 16.1. The van der Waals surface area contributed by atoms with E-state index in [1.54, 1.807) is 41.3 Å². The first kappa shape index (κ1) is 19.1. The maximum Gasteiger partial charge on any atom is 0.254 e. The van der Waals surface area contributed by atoms with E-state index in [-0.39, 0.29) is 11.7 Å². The molecular formula is C23H27FN2O2. The second kappa shape index (κ2) is 8.02. The van der Waals surface area contributed by atoms with Crippen LogP contribution in [0.1, 0.15) is 36.0 Å². The molecular weight excluding hydrogens is 355 g/mol. The van der Waals surface area contributed by atoms with Gasteiger partial charge in [0.05, 0.1) is 12.1 Å². The van der Waals surface area contributed by atoms with E-state index in [0.717, 1.165) is 19.5 Å². The maximum atomic E-state index is 14.3. The Kier molecular flexibility index (Phi) is 5.47. The molecule has 4 nitrogen and oxygen atoms in total. The summed E-state index contributed by atoms with van der Waals surface area (Å²) in [5.41, 5.74) is 0.638. The quantitative estimate of drug-likeness (QED) is 0.879. The number of likely N-dealkylation sites (tertiary alicyclic amines) is 2. The fraction of sp³-hybridized carbons (Fsp3) is 0.435. The molecule has 0 unspecified atom stereocenters. The number of carbonyl (C=O) groups is 1. The predicted octanol–water partition coefficient (Wildman–Crippen LogP) is 3.56. The van der Waals surface area contributed by atoms with E-state index in [9.17, 15) is 14.3 Å². The molecule has 148 valence electrons. The number of piperidine rings is 1. The van der Waals surface area contributed by atoms with Crippen LogP contribution in [0.4, 0.5) is 4.39 Å². The highest BCUT2D eigenvalue weighted by Gasteiger charge is 2.37. The summed E-state index contributed by atoms with van der Waals surface area (Å²) in [7, 11) is 0. The molecule has 2 aromatic rings. The van der Waals surface area contributed by atoms with Crippen LogP contribution >= 0.6 is 0 Å². The highest BCUT2D eigenvalue weighted by atomic mass is 19.1. The second-order valence-corrected chi connectivity index (χ2v) is 8.06. The number of aliphatic hydroxyl groups is 1. The maximum absolute atomic E-state index is 14.3. The van der Waals surface area contributed by atoms with Gasteiger partial charge in [0.15, 0.2) is 0 Å². The van der Waals surface area contributed by atoms with Crippen LogP contribution in [-0.2, 0) is 0 Å². The number of hydrogen-bond donors (Lipinski definition) is 1. The molecule has 4 rings (SSSR count). The standard InChI is InChI=1S/C23H27FN2O2/c24-21-11-4-3-9-19(21)18-8-1-2-10-20(18)22(27)26-15-7-12-23(28,17-26)16-25-13-5-6-14-25/h1-4,8-11,28H,5-7,12-17H2/t23-/m1/s1. The van der Waals surface area contributed by atoms with Gasteiger partial charge in [0, 0.05) is 24.2 Å². The molecule has 2 heterocycles. The molecule has 1 amide bonds. The van der Waals surface area contributed by atoms with Gasteiger partial charge in [-0.3, -0.25) is 4.79 Å². The Balaban J connectivity index is 1.57. The van der Waals surface area contributed by atoms with Crippen LogP contribution in [0.15, 0.2) is 48.5 Å². The van der Waals surface area contributed by atoms with Crippen molar-refractivity contribution in [3.63, 3.8) is 0 Å². The van der Waals surface area contributed by atoms with E-state index in [1.165, 1.54) is 18.9 Å². The molecule has 0 saturated carbocycles. The number of rotatable bonds is 4. The summed E-state index contributed by atoms with van der Waals surface area (Å²) in [6, 6.07) is 13.7. The predicted molar refractivity (Wildman–Crippen MR) is 108 cm³/mol. The molecule has 2 saturated heterocycles. The van der Waals surface area contributed by atoms with E-state index in [0.29, 0.717) is 42.7 Å². The highest BCUT2D eigenvalue weighted by Crippen LogP contribution is 2.30. The average Bonchev–Trinajstić information content (AvgIpc) is 3.20. The summed E-state index contributed by atoms with van der Waals surface area (Å²) in [6.07, 6.45) is 3.84. The third-order valence-electron chi connectivity index (χ3n) is 5.88. The Morgan fingerprint density at radius 1 is 0.964 bits per heavy atom. The van der Waals surface area contributed by atoms with Gasteiger partial charge in [-0.15, -0.1) is 0 Å². The Hall–Kier alpha value is -2.24. The minimum atomic E-state index is -0.870. The zero-order chi connectivity index (χ0) is 19.6. The number of halogens is 1. The largest absolute Gasteiger partial charge is 0.387 e. The summed E-state index contributed by atoms with van der Waals surface area (Å²) < 4.78 is 14.3. The van der Waals surface area contributed by atoms with Crippen molar-refractivity contribution in [2.24, 2.45) is 0 Å². The van der Waals surface area contributed by atoms with Crippen LogP contribution < -0.4 is 0 Å². The van der Waals surface area contributed by atoms with Crippen molar-refractivity contribution in [3.05, 3.63) is 59.9 Å². The highest BCUT2D eigenvalue weighted by molar-refractivity contribution is 6.01. The Morgan fingerprint density at radius 3 is 2.39 bits per heavy atom. The van der Waals surface area contributed by atoms with Gasteiger partial charge in [-0.1, -0.05) is 36.4 Å². The van der Waals surface area contributed by atoms with E-state index >= 15 is 0 Å². The summed E-state index contributed by atoms with van der Waals surface area (Å²) in [5.74, 6) is -0.481. The topological polar surface area (TPSA) is 43.8 Å². The molecule has 1 N–H and O–H groups in total. The normalized spacial score (nSPS) is 23.1. The van der Waals surface area contributed by atoms with Crippen molar-refractivity contribution in [1.82, 2.24) is 9.80 Å². The van der Waals surface area contributed by atoms with Crippen LogP contribution in [0.2, 0.25) is 0 Å². The number of β-amino-alcohol motifs (C(OH)–C–C–N with tert-alkyl or cyclic N) is 1. The Bertz CT molecular complexity index is 850. The minimum Gasteiger partial charge on any atom is -0.387 e. The van der Waals surface area contributed by atoms with Crippen molar-refractivity contribution in [1.29, 1.82) is 0 Å². The molecule has 1 atom stereocenters. The molecule has 0 spiro atoms. The van der Waals surface area contributed by atoms with E-state index in [2.05, 4.69) is 4.90 Å². The molecule has 0 radical (unpaired) electrons. The number of nitrogens with zero attached hydrogens (tertiary/aromatic N) is 2. The van der Waals surface area contributed by atoms with Crippen LogP contribution in [-0.4, -0.2) is 59.1 Å². The third kappa shape index (κ3) is 3.96. The zero-order valence-electron chi connectivity index (χ0n) is 16.1. The van der Waals surface area contributed by atoms with Gasteiger partial charge in [0.2, 0.25) is 0 Å². The summed E-state index contributed by atoms with van der Waals surface area (Å²) in [5, 5.41) is 11.1. The van der Waals surface area contributed by atoms with Gasteiger partial charge in [0.1, 0.15) is 5.82 Å². The molecule has 2 aliphatic heterocycles. The van der Waals surface area contributed by atoms with Crippen LogP contribution in [0, 0.1) is 5.82 Å². The lowest BCUT2D eigenvalue weighted by Crippen LogP contribution is -2.55. The van der Waals surface area contributed by atoms with Gasteiger partial charge in [-0.25, -0.2) is 4.39 Å². The molecule has 0 aliphatic carbocycles. The first-order chi connectivity index (χ1) is 13.6. The summed E-state index contributed by atoms with van der Waals surface area (Å²) >= 11 is 0. The number of hydrogen-bond acceptors (Lipinski definition) is 3. The van der Waals surface area contributed by atoms with Crippen LogP contribution in [0.3, 0.4) is 0 Å². The lowest BCUT2D eigenvalue weighted by molar-refractivity contribution is -0.0430. The number of carbonyl (C=O) groups excluding carboxylic acids is 1.